The van der Waals surface area contributed by atoms with Gasteiger partial charge < -0.3 is 24.6 Å². The first-order valence-corrected chi connectivity index (χ1v) is 25.4. The Morgan fingerprint density at radius 1 is 0.672 bits per heavy atom. The van der Waals surface area contributed by atoms with Gasteiger partial charge in [0.15, 0.2) is 0 Å². The lowest BCUT2D eigenvalue weighted by Crippen LogP contribution is -2.46. The van der Waals surface area contributed by atoms with E-state index >= 15 is 4.79 Å². The van der Waals surface area contributed by atoms with E-state index in [0.29, 0.717) is 17.7 Å². The van der Waals surface area contributed by atoms with Crippen LogP contribution in [0, 0.1) is 13.8 Å². The van der Waals surface area contributed by atoms with E-state index in [1.807, 2.05) is 57.2 Å². The topological polar surface area (TPSA) is 183 Å². The van der Waals surface area contributed by atoms with Crippen LogP contribution in [0.5, 0.6) is 5.75 Å². The van der Waals surface area contributed by atoms with Crippen LogP contribution in [0.3, 0.4) is 0 Å². The Bertz CT molecular complexity index is 2840. The quantitative estimate of drug-likeness (QED) is 0.0633. The van der Waals surface area contributed by atoms with Crippen molar-refractivity contribution in [1.29, 1.82) is 0 Å². The summed E-state index contributed by atoms with van der Waals surface area (Å²) in [5, 5.41) is 2.83. The number of hydrogen-bond acceptors (Lipinski definition) is 10. The Balaban J connectivity index is 1.13. The maximum Gasteiger partial charge on any atom is 0.407 e. The molecule has 0 atom stereocenters. The summed E-state index contributed by atoms with van der Waals surface area (Å²) in [5.74, 6) is -0.405. The zero-order valence-corrected chi connectivity index (χ0v) is 40.4. The van der Waals surface area contributed by atoms with Crippen molar-refractivity contribution in [3.05, 3.63) is 136 Å². The molecule has 2 aliphatic rings. The standard InChI is InChI=1S/C51H60N4O10S2/c1-35-14-18-46(66(58,59)60)42(26-35)40-29-44(43-27-36(2)15-19-47(43)67(61,62)63)48(45(30-40)64-34-37-12-8-6-9-13-37)49(56)55-32-39-17-16-38(28-41(39)33-55)31-54-24-22-53(23-25-54)21-11-7-10-20-52-50(57)65-51(3,4)5/h6,8-9,12-19,26-30H,7,10-11,20-25,31-34H2,1-5H3,(H,52,57)(H,58,59,60)(H,61,62,63). The number of alkyl carbamates (subject to hydrolysis) is 1. The molecular weight excluding hydrogens is 893 g/mol. The Hall–Kier alpha value is -5.62. The number of aryl methyl sites for hydroxylation is 2. The van der Waals surface area contributed by atoms with E-state index in [-0.39, 0.29) is 64.3 Å². The molecule has 5 aromatic carbocycles. The molecule has 356 valence electrons. The molecule has 2 heterocycles. The van der Waals surface area contributed by atoms with Crippen LogP contribution in [-0.4, -0.2) is 97.5 Å². The highest BCUT2D eigenvalue weighted by atomic mass is 32.2. The van der Waals surface area contributed by atoms with Gasteiger partial charge in [-0.1, -0.05) is 90.3 Å². The second-order valence-electron chi connectivity index (χ2n) is 18.5. The van der Waals surface area contributed by atoms with Gasteiger partial charge >= 0.3 is 6.09 Å². The molecule has 67 heavy (non-hydrogen) atoms. The molecule has 7 rings (SSSR count). The van der Waals surface area contributed by atoms with E-state index in [4.69, 9.17) is 9.47 Å². The van der Waals surface area contributed by atoms with Crippen molar-refractivity contribution in [2.45, 2.75) is 95.5 Å². The molecule has 5 aromatic rings. The second kappa shape index (κ2) is 20.7. The third kappa shape index (κ3) is 12.9. The van der Waals surface area contributed by atoms with Gasteiger partial charge in [-0.25, -0.2) is 4.79 Å². The second-order valence-corrected chi connectivity index (χ2v) is 21.3. The fourth-order valence-corrected chi connectivity index (χ4v) is 10.0. The molecule has 1 saturated heterocycles. The summed E-state index contributed by atoms with van der Waals surface area (Å²) in [7, 11) is -9.60. The zero-order chi connectivity index (χ0) is 48.1. The lowest BCUT2D eigenvalue weighted by atomic mass is 9.91. The summed E-state index contributed by atoms with van der Waals surface area (Å²) in [6.07, 6.45) is 2.58. The summed E-state index contributed by atoms with van der Waals surface area (Å²) in [6.45, 7) is 15.7. The fraction of sp³-hybridized carbons (Fsp3) is 0.373. The molecule has 14 nitrogen and oxygen atoms in total. The van der Waals surface area contributed by atoms with Gasteiger partial charge in [0.2, 0.25) is 0 Å². The van der Waals surface area contributed by atoms with Crippen LogP contribution >= 0.6 is 0 Å². The van der Waals surface area contributed by atoms with Crippen molar-refractivity contribution in [2.75, 3.05) is 39.3 Å². The highest BCUT2D eigenvalue weighted by Gasteiger charge is 2.33. The maximum absolute atomic E-state index is 15.2. The van der Waals surface area contributed by atoms with Gasteiger partial charge in [-0.3, -0.25) is 18.8 Å². The Kier molecular flexibility index (Phi) is 15.2. The van der Waals surface area contributed by atoms with Crippen molar-refractivity contribution in [2.24, 2.45) is 0 Å². The monoisotopic (exact) mass is 952 g/mol. The third-order valence-corrected chi connectivity index (χ3v) is 13.8. The zero-order valence-electron chi connectivity index (χ0n) is 38.7. The molecule has 2 amide bonds. The number of piperazine rings is 1. The van der Waals surface area contributed by atoms with E-state index in [0.717, 1.165) is 80.8 Å². The number of amides is 2. The van der Waals surface area contributed by atoms with Crippen molar-refractivity contribution >= 4 is 32.2 Å². The lowest BCUT2D eigenvalue weighted by molar-refractivity contribution is 0.0526. The molecule has 0 spiro atoms. The fourth-order valence-electron chi connectivity index (χ4n) is 8.65. The summed E-state index contributed by atoms with van der Waals surface area (Å²) in [4.78, 5) is 32.9. The van der Waals surface area contributed by atoms with Gasteiger partial charge in [-0.2, -0.15) is 16.8 Å². The minimum Gasteiger partial charge on any atom is -0.488 e. The summed E-state index contributed by atoms with van der Waals surface area (Å²) in [6, 6.07) is 27.4. The highest BCUT2D eigenvalue weighted by molar-refractivity contribution is 7.86. The number of unbranched alkanes of at least 4 members (excludes halogenated alkanes) is 2. The van der Waals surface area contributed by atoms with Crippen molar-refractivity contribution in [1.82, 2.24) is 20.0 Å². The number of nitrogens with one attached hydrogen (secondary N) is 1. The number of nitrogens with zero attached hydrogens (tertiary/aromatic N) is 3. The van der Waals surface area contributed by atoms with Gasteiger partial charge in [-0.05, 0) is 106 Å². The summed E-state index contributed by atoms with van der Waals surface area (Å²) in [5.41, 5.74) is 5.14. The van der Waals surface area contributed by atoms with E-state index in [1.54, 1.807) is 43.0 Å². The Labute approximate surface area is 394 Å². The first-order chi connectivity index (χ1) is 31.7. The number of fused-ring (bicyclic) bond motifs is 1. The van der Waals surface area contributed by atoms with E-state index in [1.165, 1.54) is 24.3 Å². The summed E-state index contributed by atoms with van der Waals surface area (Å²) < 4.78 is 84.2. The van der Waals surface area contributed by atoms with Crippen LogP contribution in [0.25, 0.3) is 22.3 Å². The van der Waals surface area contributed by atoms with Crippen molar-refractivity contribution in [3.8, 4) is 28.0 Å². The molecule has 16 heteroatoms. The predicted octanol–water partition coefficient (Wildman–Crippen LogP) is 8.68. The van der Waals surface area contributed by atoms with Crippen LogP contribution in [-0.2, 0) is 51.2 Å². The highest BCUT2D eigenvalue weighted by Crippen LogP contribution is 2.43. The molecule has 0 aromatic heterocycles. The van der Waals surface area contributed by atoms with Gasteiger partial charge in [0.05, 0.1) is 5.56 Å². The minimum atomic E-state index is -4.85. The number of benzene rings is 5. The van der Waals surface area contributed by atoms with Gasteiger partial charge in [0.25, 0.3) is 26.1 Å². The van der Waals surface area contributed by atoms with Crippen LogP contribution in [0.2, 0.25) is 0 Å². The summed E-state index contributed by atoms with van der Waals surface area (Å²) >= 11 is 0. The molecule has 0 bridgehead atoms. The molecule has 2 aliphatic heterocycles. The molecule has 0 unspecified atom stereocenters. The number of carbonyl (C=O) groups is 2. The van der Waals surface area contributed by atoms with Crippen LogP contribution in [0.1, 0.15) is 83.8 Å². The molecule has 0 aliphatic carbocycles. The Morgan fingerprint density at radius 3 is 1.96 bits per heavy atom. The Morgan fingerprint density at radius 2 is 1.30 bits per heavy atom. The molecule has 0 radical (unpaired) electrons. The van der Waals surface area contributed by atoms with Crippen LogP contribution in [0.4, 0.5) is 4.79 Å². The number of rotatable bonds is 16. The molecule has 1 fully saturated rings. The predicted molar refractivity (Wildman–Crippen MR) is 257 cm³/mol. The average molecular weight is 953 g/mol. The third-order valence-electron chi connectivity index (χ3n) is 12.0. The SMILES string of the molecule is Cc1ccc(S(=O)(=O)O)c(-c2cc(OCc3ccccc3)c(C(=O)N3Cc4ccc(CN5CCN(CCCCCNC(=O)OC(C)(C)C)CC5)cc4C3)c(-c3cc(C)ccc3S(=O)(=O)O)c2)c1. The van der Waals surface area contributed by atoms with Crippen LogP contribution in [0.15, 0.2) is 107 Å². The van der Waals surface area contributed by atoms with Crippen molar-refractivity contribution < 1.29 is 45.0 Å². The normalized spacial score (nSPS) is 14.8. The molecular formula is C51H60N4O10S2. The number of ether oxygens (including phenoxy) is 2. The number of carbonyl (C=O) groups excluding carboxylic acids is 2. The van der Waals surface area contributed by atoms with Crippen molar-refractivity contribution in [3.63, 3.8) is 0 Å². The number of hydrogen-bond donors (Lipinski definition) is 3. The van der Waals surface area contributed by atoms with E-state index in [2.05, 4.69) is 27.2 Å². The lowest BCUT2D eigenvalue weighted by Gasteiger charge is -2.34. The largest absolute Gasteiger partial charge is 0.488 e. The van der Waals surface area contributed by atoms with Gasteiger partial charge in [-0.15, -0.1) is 0 Å². The van der Waals surface area contributed by atoms with E-state index in [9.17, 15) is 30.7 Å². The van der Waals surface area contributed by atoms with E-state index < -0.39 is 36.6 Å². The molecule has 0 saturated carbocycles. The first kappa shape index (κ1) is 49.3. The van der Waals surface area contributed by atoms with Gasteiger partial charge in [0.1, 0.15) is 27.7 Å². The smallest absolute Gasteiger partial charge is 0.407 e. The molecule has 3 N–H and O–H groups in total. The first-order valence-electron chi connectivity index (χ1n) is 22.6. The maximum atomic E-state index is 15.2. The van der Waals surface area contributed by atoms with Gasteiger partial charge in [0, 0.05) is 69.0 Å². The van der Waals surface area contributed by atoms with Crippen LogP contribution < -0.4 is 10.1 Å². The minimum absolute atomic E-state index is 0.00883. The average Bonchev–Trinajstić information content (AvgIpc) is 3.69.